The van der Waals surface area contributed by atoms with Crippen LogP contribution in [0.25, 0.3) is 0 Å². The molecule has 2 N–H and O–H groups in total. The second kappa shape index (κ2) is 3.59. The summed E-state index contributed by atoms with van der Waals surface area (Å²) in [5, 5.41) is 6.83. The Morgan fingerprint density at radius 1 is 1.31 bits per heavy atom. The first kappa shape index (κ1) is 9.84. The first-order chi connectivity index (χ1) is 7.79. The Morgan fingerprint density at radius 2 is 2.12 bits per heavy atom. The van der Waals surface area contributed by atoms with Crippen molar-refractivity contribution in [1.29, 1.82) is 0 Å². The monoisotopic (exact) mass is 220 g/mol. The molecule has 1 spiro atoms. The van der Waals surface area contributed by atoms with E-state index in [0.717, 1.165) is 44.8 Å². The van der Waals surface area contributed by atoms with Crippen molar-refractivity contribution in [3.63, 3.8) is 0 Å². The smallest absolute Gasteiger partial charge is 0.254 e. The number of nitrogens with zero attached hydrogens (tertiary/aromatic N) is 2. The van der Waals surface area contributed by atoms with E-state index in [-0.39, 0.29) is 11.1 Å². The molecule has 5 nitrogen and oxygen atoms in total. The lowest BCUT2D eigenvalue weighted by Crippen LogP contribution is -2.52. The van der Waals surface area contributed by atoms with Crippen LogP contribution in [0.1, 0.15) is 19.3 Å². The van der Waals surface area contributed by atoms with Gasteiger partial charge in [0.15, 0.2) is 0 Å². The van der Waals surface area contributed by atoms with E-state index in [1.165, 1.54) is 6.07 Å². The zero-order valence-electron chi connectivity index (χ0n) is 9.20. The zero-order valence-corrected chi connectivity index (χ0v) is 9.20. The molecule has 0 amide bonds. The van der Waals surface area contributed by atoms with Gasteiger partial charge in [-0.05, 0) is 32.4 Å². The van der Waals surface area contributed by atoms with Gasteiger partial charge in [0.1, 0.15) is 0 Å². The summed E-state index contributed by atoms with van der Waals surface area (Å²) in [6.07, 6.45) is 4.82. The van der Waals surface area contributed by atoms with Gasteiger partial charge in [-0.1, -0.05) is 0 Å². The first-order valence-electron chi connectivity index (χ1n) is 5.84. The van der Waals surface area contributed by atoms with Crippen molar-refractivity contribution in [2.24, 2.45) is 0 Å². The predicted molar refractivity (Wildman–Crippen MR) is 61.6 cm³/mol. The van der Waals surface area contributed by atoms with E-state index in [9.17, 15) is 4.79 Å². The summed E-state index contributed by atoms with van der Waals surface area (Å²) in [5.74, 6) is 0.737. The molecule has 1 aromatic heterocycles. The summed E-state index contributed by atoms with van der Waals surface area (Å²) in [7, 11) is 0. The second-order valence-corrected chi connectivity index (χ2v) is 4.66. The number of aromatic nitrogens is 2. The number of hydrogen-bond donors (Lipinski definition) is 2. The minimum Gasteiger partial charge on any atom is -0.350 e. The van der Waals surface area contributed by atoms with Crippen LogP contribution in [-0.2, 0) is 6.54 Å². The lowest BCUT2D eigenvalue weighted by molar-refractivity contribution is 0.283. The summed E-state index contributed by atoms with van der Waals surface area (Å²) in [6, 6.07) is 1.52. The second-order valence-electron chi connectivity index (χ2n) is 4.66. The quantitative estimate of drug-likeness (QED) is 0.655. The van der Waals surface area contributed by atoms with E-state index in [1.54, 1.807) is 10.8 Å². The van der Waals surface area contributed by atoms with Gasteiger partial charge in [-0.3, -0.25) is 9.36 Å². The largest absolute Gasteiger partial charge is 0.350 e. The van der Waals surface area contributed by atoms with Crippen molar-refractivity contribution in [2.45, 2.75) is 31.3 Å². The molecule has 0 unspecified atom stereocenters. The number of nitrogens with one attached hydrogen (secondary N) is 2. The van der Waals surface area contributed by atoms with E-state index in [2.05, 4.69) is 15.6 Å². The van der Waals surface area contributed by atoms with Gasteiger partial charge in [0.05, 0.1) is 0 Å². The van der Waals surface area contributed by atoms with Crippen molar-refractivity contribution in [2.75, 3.05) is 18.4 Å². The van der Waals surface area contributed by atoms with Crippen molar-refractivity contribution < 1.29 is 0 Å². The summed E-state index contributed by atoms with van der Waals surface area (Å²) < 4.78 is 1.73. The van der Waals surface area contributed by atoms with Gasteiger partial charge in [-0.2, -0.15) is 0 Å². The highest BCUT2D eigenvalue weighted by molar-refractivity contribution is 5.33. The highest BCUT2D eigenvalue weighted by Gasteiger charge is 2.35. The van der Waals surface area contributed by atoms with Gasteiger partial charge in [0.25, 0.3) is 5.56 Å². The van der Waals surface area contributed by atoms with Crippen LogP contribution in [0.15, 0.2) is 17.1 Å². The molecule has 2 aliphatic heterocycles. The SMILES string of the molecule is O=c1ccnc2n1CCC1(CCNCC1)N2. The summed E-state index contributed by atoms with van der Waals surface area (Å²) in [5.41, 5.74) is 0.202. The van der Waals surface area contributed by atoms with E-state index < -0.39 is 0 Å². The number of fused-ring (bicyclic) bond motifs is 1. The lowest BCUT2D eigenvalue weighted by atomic mass is 9.84. The summed E-state index contributed by atoms with van der Waals surface area (Å²) in [6.45, 7) is 2.88. The zero-order chi connectivity index (χ0) is 11.0. The average molecular weight is 220 g/mol. The Bertz CT molecular complexity index is 448. The number of hydrogen-bond acceptors (Lipinski definition) is 4. The standard InChI is InChI=1S/C11H16N4O/c16-9-1-5-13-10-14-11(4-8-15(9)10)2-6-12-7-3-11/h1,5,12H,2-4,6-8H2,(H,13,14). The molecule has 2 aliphatic rings. The van der Waals surface area contributed by atoms with Crippen LogP contribution in [0.5, 0.6) is 0 Å². The van der Waals surface area contributed by atoms with Gasteiger partial charge in [0.2, 0.25) is 5.95 Å². The van der Waals surface area contributed by atoms with Gasteiger partial charge < -0.3 is 10.6 Å². The maximum Gasteiger partial charge on any atom is 0.254 e. The molecule has 0 saturated carbocycles. The molecule has 0 radical (unpaired) electrons. The Hall–Kier alpha value is -1.36. The molecule has 86 valence electrons. The summed E-state index contributed by atoms with van der Waals surface area (Å²) in [4.78, 5) is 15.9. The molecule has 0 atom stereocenters. The Kier molecular flexibility index (Phi) is 2.21. The molecule has 0 aliphatic carbocycles. The van der Waals surface area contributed by atoms with E-state index in [4.69, 9.17) is 0 Å². The van der Waals surface area contributed by atoms with Gasteiger partial charge in [-0.15, -0.1) is 0 Å². The number of anilines is 1. The fourth-order valence-corrected chi connectivity index (χ4v) is 2.66. The van der Waals surface area contributed by atoms with Gasteiger partial charge in [-0.25, -0.2) is 4.98 Å². The Balaban J connectivity index is 1.94. The van der Waals surface area contributed by atoms with Crippen LogP contribution in [-0.4, -0.2) is 28.2 Å². The molecule has 1 fully saturated rings. The Labute approximate surface area is 93.9 Å². The highest BCUT2D eigenvalue weighted by Crippen LogP contribution is 2.30. The first-order valence-corrected chi connectivity index (χ1v) is 5.84. The van der Waals surface area contributed by atoms with Crippen LogP contribution in [0, 0.1) is 0 Å². The van der Waals surface area contributed by atoms with Crippen LogP contribution in [0.3, 0.4) is 0 Å². The predicted octanol–water partition coefficient (Wildman–Crippen LogP) is 0.181. The third-order valence-corrected chi connectivity index (χ3v) is 3.69. The molecule has 5 heteroatoms. The molecular weight excluding hydrogens is 204 g/mol. The maximum atomic E-state index is 11.6. The van der Waals surface area contributed by atoms with E-state index >= 15 is 0 Å². The molecular formula is C11H16N4O. The minimum absolute atomic E-state index is 0.0429. The molecule has 1 aromatic rings. The lowest BCUT2D eigenvalue weighted by Gasteiger charge is -2.42. The molecule has 3 heterocycles. The maximum absolute atomic E-state index is 11.6. The average Bonchev–Trinajstić information content (AvgIpc) is 2.30. The van der Waals surface area contributed by atoms with Crippen LogP contribution >= 0.6 is 0 Å². The molecule has 0 aromatic carbocycles. The fourth-order valence-electron chi connectivity index (χ4n) is 2.66. The molecule has 1 saturated heterocycles. The topological polar surface area (TPSA) is 59.0 Å². The minimum atomic E-state index is 0.0429. The highest BCUT2D eigenvalue weighted by atomic mass is 16.1. The van der Waals surface area contributed by atoms with Crippen molar-refractivity contribution in [3.05, 3.63) is 22.6 Å². The van der Waals surface area contributed by atoms with E-state index in [0.29, 0.717) is 0 Å². The normalized spacial score (nSPS) is 22.5. The van der Waals surface area contributed by atoms with Crippen molar-refractivity contribution >= 4 is 5.95 Å². The third kappa shape index (κ3) is 1.51. The summed E-state index contributed by atoms with van der Waals surface area (Å²) >= 11 is 0. The molecule has 3 rings (SSSR count). The Morgan fingerprint density at radius 3 is 2.94 bits per heavy atom. The van der Waals surface area contributed by atoms with Gasteiger partial charge >= 0.3 is 0 Å². The van der Waals surface area contributed by atoms with E-state index in [1.807, 2.05) is 0 Å². The van der Waals surface area contributed by atoms with Crippen LogP contribution in [0.4, 0.5) is 5.95 Å². The van der Waals surface area contributed by atoms with Crippen LogP contribution < -0.4 is 16.2 Å². The van der Waals surface area contributed by atoms with Crippen molar-refractivity contribution in [3.8, 4) is 0 Å². The van der Waals surface area contributed by atoms with Crippen LogP contribution in [0.2, 0.25) is 0 Å². The molecule has 0 bridgehead atoms. The number of rotatable bonds is 0. The molecule has 16 heavy (non-hydrogen) atoms. The van der Waals surface area contributed by atoms with Crippen molar-refractivity contribution in [1.82, 2.24) is 14.9 Å². The fraction of sp³-hybridized carbons (Fsp3) is 0.636. The number of piperidine rings is 1. The third-order valence-electron chi connectivity index (χ3n) is 3.69. The van der Waals surface area contributed by atoms with Gasteiger partial charge in [0, 0.05) is 24.3 Å².